The van der Waals surface area contributed by atoms with Crippen molar-refractivity contribution < 1.29 is 82.1 Å². The van der Waals surface area contributed by atoms with Gasteiger partial charge in [-0.15, -0.1) is 0 Å². The van der Waals surface area contributed by atoms with Crippen molar-refractivity contribution in [2.75, 3.05) is 57.9 Å². The third kappa shape index (κ3) is 30.0. The van der Waals surface area contributed by atoms with E-state index in [0.717, 1.165) is 0 Å². The Balaban J connectivity index is 1.14. The van der Waals surface area contributed by atoms with Gasteiger partial charge in [0.2, 0.25) is 82.7 Å². The van der Waals surface area contributed by atoms with Gasteiger partial charge in [0.1, 0.15) is 84.6 Å². The minimum Gasteiger partial charge on any atom is -0.480 e. The molecule has 0 saturated carbocycles. The van der Waals surface area contributed by atoms with Crippen LogP contribution in [-0.2, 0) is 84.8 Å². The predicted molar refractivity (Wildman–Crippen MR) is 435 cm³/mol. The molecule has 6 rings (SSSR count). The summed E-state index contributed by atoms with van der Waals surface area (Å²) in [5, 5.41) is 50.0. The molecule has 0 spiro atoms. The zero-order valence-electron chi connectivity index (χ0n) is 67.7. The molecule has 2 aromatic rings. The second kappa shape index (κ2) is 47.7. The Hall–Kier alpha value is -11.4. The van der Waals surface area contributed by atoms with Gasteiger partial charge in [0.25, 0.3) is 0 Å². The van der Waals surface area contributed by atoms with Gasteiger partial charge in [-0.3, -0.25) is 82.1 Å². The highest BCUT2D eigenvalue weighted by Crippen LogP contribution is 2.26. The molecule has 4 saturated heterocycles. The number of carboxylic acid groups (broad SMARTS) is 1. The number of benzene rings is 1. The second-order valence-electron chi connectivity index (χ2n) is 30.4. The molecule has 14 atom stereocenters. The van der Waals surface area contributed by atoms with Crippen LogP contribution in [0.15, 0.2) is 57.8 Å². The van der Waals surface area contributed by atoms with Gasteiger partial charge in [0.15, 0.2) is 17.9 Å². The highest BCUT2D eigenvalue weighted by Gasteiger charge is 2.45. The summed E-state index contributed by atoms with van der Waals surface area (Å²) in [5.74, 6) is -13.1. The molecule has 0 bridgehead atoms. The highest BCUT2D eigenvalue weighted by atomic mass is 32.2. The molecule has 1 aromatic heterocycles. The molecule has 5 heterocycles. The maximum absolute atomic E-state index is 14.8. The van der Waals surface area contributed by atoms with Crippen LogP contribution in [0.4, 0.5) is 0 Å². The molecule has 4 aliphatic heterocycles. The lowest BCUT2D eigenvalue weighted by Crippen LogP contribution is -2.61. The number of aliphatic imine (C=N–C) groups is 3. The molecule has 0 aliphatic carbocycles. The van der Waals surface area contributed by atoms with Gasteiger partial charge in [-0.05, 0) is 133 Å². The van der Waals surface area contributed by atoms with Crippen molar-refractivity contribution in [2.45, 2.75) is 235 Å². The molecule has 1 unspecified atom stereocenters. The van der Waals surface area contributed by atoms with Crippen molar-refractivity contribution in [2.24, 2.45) is 61.2 Å². The molecular weight excluding hydrogens is 1560 g/mol. The van der Waals surface area contributed by atoms with Crippen LogP contribution in [0.1, 0.15) is 149 Å². The Bertz CT molecular complexity index is 3880. The lowest BCUT2D eigenvalue weighted by molar-refractivity contribution is -0.150. The van der Waals surface area contributed by atoms with Crippen LogP contribution in [0.25, 0.3) is 0 Å². The van der Waals surface area contributed by atoms with Crippen LogP contribution in [0.3, 0.4) is 0 Å². The molecule has 0 radical (unpaired) electrons. The first-order valence-corrected chi connectivity index (χ1v) is 41.2. The Morgan fingerprint density at radius 1 is 0.517 bits per heavy atom. The molecule has 26 N–H and O–H groups in total. The van der Waals surface area contributed by atoms with Crippen molar-refractivity contribution >= 4 is 118 Å². The summed E-state index contributed by atoms with van der Waals surface area (Å²) < 4.78 is 0. The van der Waals surface area contributed by atoms with Crippen molar-refractivity contribution in [1.82, 2.24) is 83.2 Å². The normalized spacial score (nSPS) is 18.9. The van der Waals surface area contributed by atoms with E-state index in [2.05, 4.69) is 83.4 Å². The van der Waals surface area contributed by atoms with Crippen molar-refractivity contribution in [3.05, 3.63) is 54.1 Å². The van der Waals surface area contributed by atoms with E-state index in [0.29, 0.717) is 36.3 Å². The number of hydrogen-bond acceptors (Lipinski definition) is 21. The zero-order valence-corrected chi connectivity index (χ0v) is 68.5. The van der Waals surface area contributed by atoms with Crippen LogP contribution in [0.2, 0.25) is 0 Å². The number of amides is 14. The van der Waals surface area contributed by atoms with Crippen LogP contribution >= 0.6 is 11.8 Å². The largest absolute Gasteiger partial charge is 0.480 e. The molecule has 1 aromatic carbocycles. The van der Waals surface area contributed by atoms with Gasteiger partial charge in [-0.25, -0.2) is 9.78 Å². The van der Waals surface area contributed by atoms with Crippen LogP contribution in [0, 0.1) is 11.8 Å². The highest BCUT2D eigenvalue weighted by molar-refractivity contribution is 7.98. The number of H-pyrrole nitrogens is 1. The Morgan fingerprint density at radius 2 is 0.966 bits per heavy atom. The molecule has 652 valence electrons. The summed E-state index contributed by atoms with van der Waals surface area (Å²) in [6, 6.07) is -9.42. The fourth-order valence-electron chi connectivity index (χ4n) is 14.2. The number of thioether (sulfide) groups is 1. The zero-order chi connectivity index (χ0) is 86.9. The SMILES string of the molecule is CSCC[C@@H](NC(=O)[C@@H](C)NC(=O)[C@@H](CCCN=C(N)N)NC(=O)[C@H](CCCN=C(N)N)NC(=O)C1CCC(=O)N1)C(=O)N1CCC[C@@H]1C(=O)N[C@H](CC(C)C)C(=O)N[C@H](Cc1cnc[nH]1)C(=O)N[C@H](CO)C(=O)N[C@H](CCCN=C(N)N)C(=O)N[C@@H](C(=O)N1CCC[C@@H]1C(=O)N[C@H](Cc1ccccc1)C(=O)N1CCC[C@@H]1C(=O)O)C(C)C. The molecular formula is C75H119N25O17S. The molecule has 4 aliphatic rings. The van der Waals surface area contributed by atoms with E-state index in [1.165, 1.54) is 45.9 Å². The molecule has 14 amide bonds. The minimum atomic E-state index is -1.81. The summed E-state index contributed by atoms with van der Waals surface area (Å²) >= 11 is 1.36. The lowest BCUT2D eigenvalue weighted by Gasteiger charge is -2.33. The number of aromatic amines is 1. The summed E-state index contributed by atoms with van der Waals surface area (Å²) in [5.41, 5.74) is 34.3. The number of carbonyl (C=O) groups is 15. The summed E-state index contributed by atoms with van der Waals surface area (Å²) in [7, 11) is 0. The van der Waals surface area contributed by atoms with Gasteiger partial charge in [0.05, 0.1) is 12.9 Å². The number of likely N-dealkylation sites (tertiary alicyclic amines) is 3. The number of nitrogens with two attached hydrogens (primary N) is 6. The summed E-state index contributed by atoms with van der Waals surface area (Å²) in [4.78, 5) is 233. The average molecular weight is 1680 g/mol. The molecule has 4 fully saturated rings. The van der Waals surface area contributed by atoms with E-state index in [4.69, 9.17) is 34.4 Å². The Kier molecular flexibility index (Phi) is 38.6. The maximum atomic E-state index is 14.8. The van der Waals surface area contributed by atoms with E-state index in [-0.39, 0.29) is 165 Å². The topological polar surface area (TPSA) is 660 Å². The van der Waals surface area contributed by atoms with Gasteiger partial charge in [-0.1, -0.05) is 58.0 Å². The average Bonchev–Trinajstić information content (AvgIpc) is 1.62. The van der Waals surface area contributed by atoms with Crippen molar-refractivity contribution in [1.29, 1.82) is 0 Å². The smallest absolute Gasteiger partial charge is 0.326 e. The number of rotatable bonds is 47. The molecule has 118 heavy (non-hydrogen) atoms. The number of nitrogens with zero attached hydrogens (tertiary/aromatic N) is 7. The van der Waals surface area contributed by atoms with Crippen LogP contribution in [0.5, 0.6) is 0 Å². The lowest BCUT2D eigenvalue weighted by atomic mass is 10.0. The van der Waals surface area contributed by atoms with E-state index in [1.807, 2.05) is 0 Å². The van der Waals surface area contributed by atoms with Crippen LogP contribution in [-0.4, -0.2) is 284 Å². The Morgan fingerprint density at radius 3 is 1.46 bits per heavy atom. The predicted octanol–water partition coefficient (Wildman–Crippen LogP) is -5.99. The van der Waals surface area contributed by atoms with E-state index in [9.17, 15) is 82.1 Å². The van der Waals surface area contributed by atoms with Crippen molar-refractivity contribution in [3.8, 4) is 0 Å². The third-order valence-electron chi connectivity index (χ3n) is 20.4. The number of aromatic nitrogens is 2. The first kappa shape index (κ1) is 95.4. The standard InChI is InChI=1S/C75H119N25O17S/c1-40(2)34-50(94-67(111)54-21-13-30-98(54)69(113)49(26-33-118-6)92-59(103)42(5)87-60(104)45(18-10-27-83-73(76)77)89-61(105)46(19-11-28-84-74(78)79)90-62(106)48-24-25-57(102)88-48)64(108)93-51(36-44-37-82-39-86-44)65(109)96-53(38-101)66(110)91-47(20-12-29-85-75(80)81)63(107)97-58(41(3)4)71(115)99-31-14-22-55(99)68(112)95-52(35-43-16-8-7-9-17-43)70(114)100-32-15-23-56(100)72(116)117/h7-9,16-17,37,39-42,45-56,58,101H,10-15,18-36,38H2,1-6H3,(H,82,86)(H,87,104)(H,88,102)(H,89,105)(H,90,106)(H,91,110)(H,92,103)(H,93,108)(H,94,111)(H,95,112)(H,96,109)(H,97,107)(H,116,117)(H4,76,77,83)(H4,78,79,84)(H4,80,81,85)/t42-,45-,46+,47-,48?,49-,50-,51-,52-,53-,54-,55-,56-,58-/m1/s1. The number of carboxylic acids is 1. The number of aliphatic carboxylic acids is 1. The number of hydrogen-bond donors (Lipinski definition) is 20. The van der Waals surface area contributed by atoms with Crippen LogP contribution < -0.4 is 92.9 Å². The fourth-order valence-corrected chi connectivity index (χ4v) is 14.7. The van der Waals surface area contributed by atoms with E-state index < -0.39 is 180 Å². The number of imidazole rings is 1. The first-order chi connectivity index (χ1) is 56.1. The fraction of sp³-hybridized carbons (Fsp3) is 0.640. The van der Waals surface area contributed by atoms with Gasteiger partial charge in [-0.2, -0.15) is 11.8 Å². The number of nitrogens with one attached hydrogen (secondary N) is 12. The van der Waals surface area contributed by atoms with Crippen molar-refractivity contribution in [3.63, 3.8) is 0 Å². The summed E-state index contributed by atoms with van der Waals surface area (Å²) in [6.07, 6.45) is 6.40. The second-order valence-corrected chi connectivity index (χ2v) is 31.4. The number of guanidine groups is 3. The maximum Gasteiger partial charge on any atom is 0.326 e. The van der Waals surface area contributed by atoms with E-state index in [1.54, 1.807) is 64.3 Å². The van der Waals surface area contributed by atoms with Gasteiger partial charge in [0, 0.05) is 70.4 Å². The number of aliphatic hydroxyl groups excluding tert-OH is 1. The molecule has 42 nitrogen and oxygen atoms in total. The summed E-state index contributed by atoms with van der Waals surface area (Å²) in [6.45, 7) is 7.54. The van der Waals surface area contributed by atoms with Gasteiger partial charge < -0.3 is 123 Å². The third-order valence-corrected chi connectivity index (χ3v) is 21.1. The quantitative estimate of drug-likeness (QED) is 0.0167. The minimum absolute atomic E-state index is 0.000681. The van der Waals surface area contributed by atoms with E-state index >= 15 is 0 Å². The number of carbonyl (C=O) groups excluding carboxylic acids is 14. The molecule has 43 heteroatoms. The Labute approximate surface area is 688 Å². The first-order valence-electron chi connectivity index (χ1n) is 39.9. The van der Waals surface area contributed by atoms with Gasteiger partial charge >= 0.3 is 5.97 Å². The number of aliphatic hydroxyl groups is 1. The monoisotopic (exact) mass is 1670 g/mol.